The van der Waals surface area contributed by atoms with Crippen LogP contribution in [-0.2, 0) is 17.8 Å². The lowest BCUT2D eigenvalue weighted by molar-refractivity contribution is -0.130. The van der Waals surface area contributed by atoms with Gasteiger partial charge in [0.25, 0.3) is 0 Å². The molecule has 1 heterocycles. The van der Waals surface area contributed by atoms with Crippen molar-refractivity contribution in [1.82, 2.24) is 4.90 Å². The van der Waals surface area contributed by atoms with Gasteiger partial charge in [-0.1, -0.05) is 18.2 Å². The smallest absolute Gasteiger partial charge is 0.227 e. The highest BCUT2D eigenvalue weighted by atomic mass is 32.1. The van der Waals surface area contributed by atoms with Crippen LogP contribution < -0.4 is 4.74 Å². The highest BCUT2D eigenvalue weighted by Gasteiger charge is 2.13. The van der Waals surface area contributed by atoms with Crippen LogP contribution in [0.25, 0.3) is 0 Å². The zero-order valence-electron chi connectivity index (χ0n) is 12.5. The summed E-state index contributed by atoms with van der Waals surface area (Å²) < 4.78 is 5.41. The average Bonchev–Trinajstić information content (AvgIpc) is 3.00. The quantitative estimate of drug-likeness (QED) is 0.780. The van der Waals surface area contributed by atoms with E-state index in [0.717, 1.165) is 17.9 Å². The van der Waals surface area contributed by atoms with E-state index in [1.54, 1.807) is 11.3 Å². The third kappa shape index (κ3) is 4.60. The van der Waals surface area contributed by atoms with Crippen molar-refractivity contribution in [3.63, 3.8) is 0 Å². The van der Waals surface area contributed by atoms with Gasteiger partial charge in [-0.15, -0.1) is 11.3 Å². The summed E-state index contributed by atoms with van der Waals surface area (Å²) in [5.41, 5.74) is 1.02. The van der Waals surface area contributed by atoms with E-state index in [0.29, 0.717) is 19.6 Å². The number of hydrogen-bond donors (Lipinski definition) is 0. The van der Waals surface area contributed by atoms with Crippen LogP contribution in [0.15, 0.2) is 41.8 Å². The number of nitrogens with zero attached hydrogens (tertiary/aromatic N) is 1. The molecule has 0 N–H and O–H groups in total. The third-order valence-corrected chi connectivity index (χ3v) is 4.11. The number of benzene rings is 1. The van der Waals surface area contributed by atoms with E-state index in [1.165, 1.54) is 4.88 Å². The van der Waals surface area contributed by atoms with Gasteiger partial charge in [-0.3, -0.25) is 4.79 Å². The van der Waals surface area contributed by atoms with Crippen LogP contribution in [-0.4, -0.2) is 24.0 Å². The van der Waals surface area contributed by atoms with Gasteiger partial charge in [0.05, 0.1) is 19.6 Å². The summed E-state index contributed by atoms with van der Waals surface area (Å²) in [5, 5.41) is 2.04. The molecule has 0 aliphatic rings. The summed E-state index contributed by atoms with van der Waals surface area (Å²) in [4.78, 5) is 15.5. The van der Waals surface area contributed by atoms with Crippen molar-refractivity contribution in [2.45, 2.75) is 26.8 Å². The predicted molar refractivity (Wildman–Crippen MR) is 86.7 cm³/mol. The molecule has 21 heavy (non-hydrogen) atoms. The van der Waals surface area contributed by atoms with Crippen molar-refractivity contribution in [3.05, 3.63) is 52.2 Å². The molecule has 4 heteroatoms. The van der Waals surface area contributed by atoms with E-state index in [-0.39, 0.29) is 5.91 Å². The number of carbonyl (C=O) groups excluding carboxylic acids is 1. The zero-order valence-corrected chi connectivity index (χ0v) is 13.4. The Kier molecular flexibility index (Phi) is 5.81. The molecule has 1 aromatic heterocycles. The van der Waals surface area contributed by atoms with Crippen molar-refractivity contribution in [2.24, 2.45) is 0 Å². The van der Waals surface area contributed by atoms with Crippen molar-refractivity contribution in [1.29, 1.82) is 0 Å². The second-order valence-electron chi connectivity index (χ2n) is 4.74. The van der Waals surface area contributed by atoms with Gasteiger partial charge in [0, 0.05) is 11.4 Å². The maximum Gasteiger partial charge on any atom is 0.227 e. The van der Waals surface area contributed by atoms with Gasteiger partial charge in [-0.2, -0.15) is 0 Å². The Balaban J connectivity index is 1.95. The number of ether oxygens (including phenoxy) is 1. The lowest BCUT2D eigenvalue weighted by Gasteiger charge is -2.20. The molecular weight excluding hydrogens is 282 g/mol. The molecule has 0 spiro atoms. The minimum atomic E-state index is 0.162. The maximum atomic E-state index is 12.4. The highest BCUT2D eigenvalue weighted by Crippen LogP contribution is 2.15. The predicted octanol–water partition coefficient (Wildman–Crippen LogP) is 3.74. The van der Waals surface area contributed by atoms with Gasteiger partial charge in [0.15, 0.2) is 0 Å². The molecule has 3 nitrogen and oxygen atoms in total. The molecule has 0 aliphatic carbocycles. The highest BCUT2D eigenvalue weighted by molar-refractivity contribution is 7.09. The monoisotopic (exact) mass is 303 g/mol. The van der Waals surface area contributed by atoms with Crippen LogP contribution in [0.5, 0.6) is 5.75 Å². The Morgan fingerprint density at radius 2 is 1.95 bits per heavy atom. The first-order chi connectivity index (χ1) is 10.2. The molecule has 1 amide bonds. The maximum absolute atomic E-state index is 12.4. The summed E-state index contributed by atoms with van der Waals surface area (Å²) in [6, 6.07) is 11.8. The fourth-order valence-electron chi connectivity index (χ4n) is 2.12. The van der Waals surface area contributed by atoms with Gasteiger partial charge in [0.1, 0.15) is 5.75 Å². The molecule has 0 fully saturated rings. The van der Waals surface area contributed by atoms with E-state index in [1.807, 2.05) is 54.5 Å². The third-order valence-electron chi connectivity index (χ3n) is 3.25. The molecule has 0 radical (unpaired) electrons. The van der Waals surface area contributed by atoms with Crippen LogP contribution in [0.2, 0.25) is 0 Å². The Labute approximate surface area is 130 Å². The molecule has 0 aliphatic heterocycles. The van der Waals surface area contributed by atoms with Crippen molar-refractivity contribution in [3.8, 4) is 5.75 Å². The first-order valence-corrected chi connectivity index (χ1v) is 8.12. The minimum absolute atomic E-state index is 0.162. The normalized spacial score (nSPS) is 10.4. The second kappa shape index (κ2) is 7.84. The average molecular weight is 303 g/mol. The fourth-order valence-corrected chi connectivity index (χ4v) is 2.84. The van der Waals surface area contributed by atoms with E-state index < -0.39 is 0 Å². The minimum Gasteiger partial charge on any atom is -0.494 e. The Hall–Kier alpha value is -1.81. The van der Waals surface area contributed by atoms with E-state index in [2.05, 4.69) is 6.07 Å². The van der Waals surface area contributed by atoms with Crippen LogP contribution in [0.3, 0.4) is 0 Å². The van der Waals surface area contributed by atoms with Crippen molar-refractivity contribution < 1.29 is 9.53 Å². The van der Waals surface area contributed by atoms with Crippen LogP contribution >= 0.6 is 11.3 Å². The molecule has 0 saturated carbocycles. The Bertz CT molecular complexity index is 549. The van der Waals surface area contributed by atoms with Gasteiger partial charge in [0.2, 0.25) is 5.91 Å². The molecule has 1 aromatic carbocycles. The topological polar surface area (TPSA) is 29.5 Å². The number of rotatable bonds is 7. The summed E-state index contributed by atoms with van der Waals surface area (Å²) in [6.07, 6.45) is 0.436. The SMILES string of the molecule is CCOc1ccc(CC(=O)N(CC)Cc2cccs2)cc1. The molecule has 0 saturated heterocycles. The second-order valence-corrected chi connectivity index (χ2v) is 5.77. The van der Waals surface area contributed by atoms with Gasteiger partial charge >= 0.3 is 0 Å². The van der Waals surface area contributed by atoms with Gasteiger partial charge in [-0.05, 0) is 43.0 Å². The van der Waals surface area contributed by atoms with Gasteiger partial charge < -0.3 is 9.64 Å². The van der Waals surface area contributed by atoms with Crippen LogP contribution in [0, 0.1) is 0 Å². The lowest BCUT2D eigenvalue weighted by atomic mass is 10.1. The lowest BCUT2D eigenvalue weighted by Crippen LogP contribution is -2.31. The summed E-state index contributed by atoms with van der Waals surface area (Å²) in [5.74, 6) is 1.01. The Morgan fingerprint density at radius 1 is 1.19 bits per heavy atom. The van der Waals surface area contributed by atoms with Crippen molar-refractivity contribution >= 4 is 17.2 Å². The van der Waals surface area contributed by atoms with Crippen molar-refractivity contribution in [2.75, 3.05) is 13.2 Å². The summed E-state index contributed by atoms with van der Waals surface area (Å²) >= 11 is 1.69. The number of thiophene rings is 1. The van der Waals surface area contributed by atoms with Gasteiger partial charge in [-0.25, -0.2) is 0 Å². The standard InChI is InChI=1S/C17H21NO2S/c1-3-18(13-16-6-5-11-21-16)17(19)12-14-7-9-15(10-8-14)20-4-2/h5-11H,3-4,12-13H2,1-2H3. The summed E-state index contributed by atoms with van der Waals surface area (Å²) in [7, 11) is 0. The van der Waals surface area contributed by atoms with E-state index in [4.69, 9.17) is 4.74 Å². The molecule has 112 valence electrons. The molecule has 2 rings (SSSR count). The number of likely N-dealkylation sites (N-methyl/N-ethyl adjacent to an activating group) is 1. The van der Waals surface area contributed by atoms with Crippen LogP contribution in [0.1, 0.15) is 24.3 Å². The van der Waals surface area contributed by atoms with Crippen LogP contribution in [0.4, 0.5) is 0 Å². The summed E-state index contributed by atoms with van der Waals surface area (Å²) in [6.45, 7) is 6.06. The number of carbonyl (C=O) groups is 1. The first kappa shape index (κ1) is 15.6. The number of hydrogen-bond acceptors (Lipinski definition) is 3. The largest absolute Gasteiger partial charge is 0.494 e. The number of amides is 1. The molecule has 0 atom stereocenters. The molecule has 0 bridgehead atoms. The fraction of sp³-hybridized carbons (Fsp3) is 0.353. The molecule has 2 aromatic rings. The van der Waals surface area contributed by atoms with E-state index in [9.17, 15) is 4.79 Å². The zero-order chi connectivity index (χ0) is 15.1. The molecular formula is C17H21NO2S. The Morgan fingerprint density at radius 3 is 2.52 bits per heavy atom. The van der Waals surface area contributed by atoms with E-state index >= 15 is 0 Å². The molecule has 0 unspecified atom stereocenters. The first-order valence-electron chi connectivity index (χ1n) is 7.24.